The Morgan fingerprint density at radius 2 is 1.92 bits per heavy atom. The van der Waals surface area contributed by atoms with Crippen molar-refractivity contribution in [2.24, 2.45) is 0 Å². The Balaban J connectivity index is 1.50. The Morgan fingerprint density at radius 3 is 2.64 bits per heavy atom. The number of Topliss-reactive ketones (excluding diaryl/α,β-unsaturated/α-hetero) is 1. The number of allylic oxidation sites excluding steroid dienone is 3. The zero-order valence-corrected chi connectivity index (χ0v) is 20.5. The van der Waals surface area contributed by atoms with E-state index in [4.69, 9.17) is 14.2 Å². The average Bonchev–Trinajstić information content (AvgIpc) is 3.40. The molecule has 1 saturated heterocycles. The topological polar surface area (TPSA) is 73.9 Å². The summed E-state index contributed by atoms with van der Waals surface area (Å²) in [6.07, 6.45) is 2.57. The number of esters is 1. The molecule has 1 N–H and O–H groups in total. The largest absolute Gasteiger partial charge is 0.496 e. The lowest BCUT2D eigenvalue weighted by Gasteiger charge is -2.37. The molecule has 0 amide bonds. The number of rotatable bonds is 6. The van der Waals surface area contributed by atoms with Crippen LogP contribution in [0.2, 0.25) is 0 Å². The number of hydrogen-bond donors (Lipinski definition) is 1. The molecule has 2 aromatic rings. The standard InChI is InChI=1S/C29H30FNO5/c1-17-26(29(33)36-16-21-6-5-13-35-21)27(18-9-11-20(30)12-10-18)28-23(31-17)14-19(15-24(28)32)22-7-3-4-8-25(22)34-2/h3-4,7-12,19,21,27,31H,5-6,13-16H2,1-2H3/t19-,21+,27-/m0/s1. The van der Waals surface area contributed by atoms with Crippen LogP contribution in [0.15, 0.2) is 71.1 Å². The number of carbonyl (C=O) groups excluding carboxylic acids is 2. The van der Waals surface area contributed by atoms with Crippen LogP contribution >= 0.6 is 0 Å². The Hall–Kier alpha value is -3.45. The lowest BCUT2D eigenvalue weighted by atomic mass is 9.71. The molecular formula is C29H30FNO5. The highest BCUT2D eigenvalue weighted by Gasteiger charge is 2.42. The van der Waals surface area contributed by atoms with E-state index in [0.29, 0.717) is 35.4 Å². The minimum Gasteiger partial charge on any atom is -0.496 e. The van der Waals surface area contributed by atoms with Gasteiger partial charge in [-0.25, -0.2) is 9.18 Å². The van der Waals surface area contributed by atoms with Crippen LogP contribution in [0.5, 0.6) is 5.75 Å². The van der Waals surface area contributed by atoms with Gasteiger partial charge in [-0.3, -0.25) is 4.79 Å². The van der Waals surface area contributed by atoms with E-state index in [1.165, 1.54) is 12.1 Å². The van der Waals surface area contributed by atoms with Gasteiger partial charge in [0, 0.05) is 41.8 Å². The van der Waals surface area contributed by atoms with Crippen LogP contribution in [0.25, 0.3) is 0 Å². The fourth-order valence-electron chi connectivity index (χ4n) is 5.54. The number of ketones is 1. The number of ether oxygens (including phenoxy) is 3. The van der Waals surface area contributed by atoms with Crippen LogP contribution in [0, 0.1) is 5.82 Å². The Labute approximate surface area is 210 Å². The summed E-state index contributed by atoms with van der Waals surface area (Å²) < 4.78 is 30.6. The summed E-state index contributed by atoms with van der Waals surface area (Å²) in [5.41, 5.74) is 3.99. The van der Waals surface area contributed by atoms with Gasteiger partial charge in [-0.1, -0.05) is 30.3 Å². The fourth-order valence-corrected chi connectivity index (χ4v) is 5.54. The molecule has 0 aromatic heterocycles. The van der Waals surface area contributed by atoms with E-state index >= 15 is 0 Å². The summed E-state index contributed by atoms with van der Waals surface area (Å²) in [7, 11) is 1.62. The molecule has 36 heavy (non-hydrogen) atoms. The quantitative estimate of drug-likeness (QED) is 0.579. The van der Waals surface area contributed by atoms with Crippen LogP contribution in [0.1, 0.15) is 55.6 Å². The van der Waals surface area contributed by atoms with Crippen molar-refractivity contribution in [1.82, 2.24) is 5.32 Å². The summed E-state index contributed by atoms with van der Waals surface area (Å²) in [5.74, 6) is -0.867. The molecule has 5 rings (SSSR count). The molecule has 0 saturated carbocycles. The molecule has 0 radical (unpaired) electrons. The Kier molecular flexibility index (Phi) is 6.92. The number of methoxy groups -OCH3 is 1. The van der Waals surface area contributed by atoms with Gasteiger partial charge in [-0.2, -0.15) is 0 Å². The third-order valence-electron chi connectivity index (χ3n) is 7.25. The molecule has 7 heteroatoms. The van der Waals surface area contributed by atoms with Gasteiger partial charge in [-0.05, 0) is 55.5 Å². The van der Waals surface area contributed by atoms with Crippen LogP contribution < -0.4 is 10.1 Å². The van der Waals surface area contributed by atoms with E-state index in [9.17, 15) is 14.0 Å². The highest BCUT2D eigenvalue weighted by atomic mass is 19.1. The van der Waals surface area contributed by atoms with E-state index in [-0.39, 0.29) is 36.7 Å². The summed E-state index contributed by atoms with van der Waals surface area (Å²) in [4.78, 5) is 27.1. The molecule has 188 valence electrons. The summed E-state index contributed by atoms with van der Waals surface area (Å²) in [6.45, 7) is 2.66. The monoisotopic (exact) mass is 491 g/mol. The SMILES string of the molecule is COc1ccccc1[C@@H]1CC(=O)C2=C(C1)NC(C)=C(C(=O)OC[C@H]1CCCO1)[C@@H]2c1ccc(F)cc1. The Bertz CT molecular complexity index is 1230. The van der Waals surface area contributed by atoms with Crippen LogP contribution in [0.4, 0.5) is 4.39 Å². The number of benzene rings is 2. The molecular weight excluding hydrogens is 461 g/mol. The summed E-state index contributed by atoms with van der Waals surface area (Å²) >= 11 is 0. The molecule has 2 aromatic carbocycles. The maximum atomic E-state index is 13.8. The molecule has 0 bridgehead atoms. The molecule has 1 aliphatic carbocycles. The van der Waals surface area contributed by atoms with Gasteiger partial charge in [-0.15, -0.1) is 0 Å². The minimum atomic E-state index is -0.634. The van der Waals surface area contributed by atoms with Gasteiger partial charge in [0.25, 0.3) is 0 Å². The van der Waals surface area contributed by atoms with E-state index in [1.807, 2.05) is 31.2 Å². The number of nitrogens with one attached hydrogen (secondary N) is 1. The first-order chi connectivity index (χ1) is 17.5. The second-order valence-electron chi connectivity index (χ2n) is 9.54. The van der Waals surface area contributed by atoms with E-state index in [2.05, 4.69) is 5.32 Å². The predicted molar refractivity (Wildman–Crippen MR) is 132 cm³/mol. The molecule has 2 heterocycles. The first-order valence-corrected chi connectivity index (χ1v) is 12.4. The average molecular weight is 492 g/mol. The van der Waals surface area contributed by atoms with Crippen molar-refractivity contribution in [2.75, 3.05) is 20.3 Å². The minimum absolute atomic E-state index is 0.0501. The van der Waals surface area contributed by atoms with Crippen molar-refractivity contribution >= 4 is 11.8 Å². The van der Waals surface area contributed by atoms with Gasteiger partial charge in [0.15, 0.2) is 5.78 Å². The van der Waals surface area contributed by atoms with Crippen LogP contribution in [0.3, 0.4) is 0 Å². The zero-order valence-electron chi connectivity index (χ0n) is 20.5. The van der Waals surface area contributed by atoms with Gasteiger partial charge in [0.2, 0.25) is 0 Å². The van der Waals surface area contributed by atoms with Crippen molar-refractivity contribution in [3.8, 4) is 5.75 Å². The highest BCUT2D eigenvalue weighted by molar-refractivity contribution is 6.04. The Morgan fingerprint density at radius 1 is 1.14 bits per heavy atom. The van der Waals surface area contributed by atoms with Crippen LogP contribution in [-0.4, -0.2) is 38.2 Å². The smallest absolute Gasteiger partial charge is 0.336 e. The maximum absolute atomic E-state index is 13.8. The lowest BCUT2D eigenvalue weighted by Crippen LogP contribution is -2.36. The molecule has 2 aliphatic heterocycles. The number of para-hydroxylation sites is 1. The van der Waals surface area contributed by atoms with Crippen molar-refractivity contribution < 1.29 is 28.2 Å². The third-order valence-corrected chi connectivity index (χ3v) is 7.25. The van der Waals surface area contributed by atoms with Crippen LogP contribution in [-0.2, 0) is 19.1 Å². The normalized spacial score (nSPS) is 23.9. The maximum Gasteiger partial charge on any atom is 0.336 e. The summed E-state index contributed by atoms with van der Waals surface area (Å²) in [5, 5.41) is 3.35. The molecule has 3 aliphatic rings. The highest BCUT2D eigenvalue weighted by Crippen LogP contribution is 2.46. The van der Waals surface area contributed by atoms with Gasteiger partial charge in [0.05, 0.1) is 18.8 Å². The van der Waals surface area contributed by atoms with E-state index in [0.717, 1.165) is 29.9 Å². The van der Waals surface area contributed by atoms with Crippen molar-refractivity contribution in [2.45, 2.75) is 50.5 Å². The van der Waals surface area contributed by atoms with Crippen molar-refractivity contribution in [3.05, 3.63) is 88.0 Å². The molecule has 6 nitrogen and oxygen atoms in total. The number of halogens is 1. The lowest BCUT2D eigenvalue weighted by molar-refractivity contribution is -0.142. The second kappa shape index (κ2) is 10.3. The zero-order chi connectivity index (χ0) is 25.2. The van der Waals surface area contributed by atoms with Gasteiger partial charge in [0.1, 0.15) is 18.2 Å². The van der Waals surface area contributed by atoms with E-state index in [1.54, 1.807) is 19.2 Å². The molecule has 1 fully saturated rings. The first-order valence-electron chi connectivity index (χ1n) is 12.4. The number of carbonyl (C=O) groups is 2. The molecule has 0 unspecified atom stereocenters. The molecule has 0 spiro atoms. The van der Waals surface area contributed by atoms with Crippen molar-refractivity contribution in [3.63, 3.8) is 0 Å². The van der Waals surface area contributed by atoms with Gasteiger partial charge < -0.3 is 19.5 Å². The fraction of sp³-hybridized carbons (Fsp3) is 0.379. The predicted octanol–water partition coefficient (Wildman–Crippen LogP) is 4.92. The van der Waals surface area contributed by atoms with E-state index < -0.39 is 11.9 Å². The second-order valence-corrected chi connectivity index (χ2v) is 9.54. The van der Waals surface area contributed by atoms with Gasteiger partial charge >= 0.3 is 5.97 Å². The summed E-state index contributed by atoms with van der Waals surface area (Å²) in [6, 6.07) is 13.7. The number of dihydropyridines is 1. The first kappa shape index (κ1) is 24.3. The third kappa shape index (κ3) is 4.67. The molecule has 3 atom stereocenters. The number of hydrogen-bond acceptors (Lipinski definition) is 6. The van der Waals surface area contributed by atoms with Crippen molar-refractivity contribution in [1.29, 1.82) is 0 Å².